The minimum Gasteiger partial charge on any atom is -0.452 e. The van der Waals surface area contributed by atoms with Crippen LogP contribution >= 0.6 is 0 Å². The third-order valence-electron chi connectivity index (χ3n) is 3.15. The highest BCUT2D eigenvalue weighted by Crippen LogP contribution is 2.12. The molecule has 0 saturated carbocycles. The summed E-state index contributed by atoms with van der Waals surface area (Å²) in [6.45, 7) is 3.65. The first-order valence-corrected chi connectivity index (χ1v) is 6.68. The van der Waals surface area contributed by atoms with E-state index in [4.69, 9.17) is 9.15 Å². The van der Waals surface area contributed by atoms with E-state index in [1.807, 2.05) is 13.8 Å². The maximum atomic E-state index is 12.1. The van der Waals surface area contributed by atoms with E-state index < -0.39 is 5.97 Å². The second kappa shape index (κ2) is 5.80. The molecule has 0 aliphatic heterocycles. The predicted molar refractivity (Wildman–Crippen MR) is 76.5 cm³/mol. The summed E-state index contributed by atoms with van der Waals surface area (Å²) in [6, 6.07) is 3.23. The molecule has 0 atom stereocenters. The van der Waals surface area contributed by atoms with Crippen LogP contribution in [0.15, 0.2) is 41.5 Å². The van der Waals surface area contributed by atoms with Crippen molar-refractivity contribution in [3.8, 4) is 5.82 Å². The summed E-state index contributed by atoms with van der Waals surface area (Å²) in [5.41, 5.74) is 1.19. The second-order valence-corrected chi connectivity index (χ2v) is 4.70. The van der Waals surface area contributed by atoms with Gasteiger partial charge >= 0.3 is 5.97 Å². The van der Waals surface area contributed by atoms with Crippen molar-refractivity contribution in [1.82, 2.24) is 19.5 Å². The molecule has 3 aromatic rings. The maximum absolute atomic E-state index is 12.1. The monoisotopic (exact) mass is 298 g/mol. The van der Waals surface area contributed by atoms with Gasteiger partial charge in [0.1, 0.15) is 17.9 Å². The molecule has 0 fully saturated rings. The van der Waals surface area contributed by atoms with Crippen molar-refractivity contribution in [3.05, 3.63) is 60.0 Å². The van der Waals surface area contributed by atoms with E-state index in [-0.39, 0.29) is 6.61 Å². The van der Waals surface area contributed by atoms with Crippen molar-refractivity contribution in [2.24, 2.45) is 0 Å². The molecule has 0 unspecified atom stereocenters. The Morgan fingerprint density at radius 2 is 2.23 bits per heavy atom. The smallest absolute Gasteiger partial charge is 0.338 e. The van der Waals surface area contributed by atoms with Gasteiger partial charge in [-0.25, -0.2) is 19.7 Å². The minimum absolute atomic E-state index is 0.00373. The first-order valence-electron chi connectivity index (χ1n) is 6.68. The largest absolute Gasteiger partial charge is 0.452 e. The molecule has 112 valence electrons. The Bertz CT molecular complexity index is 773. The van der Waals surface area contributed by atoms with Crippen molar-refractivity contribution in [2.75, 3.05) is 0 Å². The normalized spacial score (nSPS) is 10.6. The Balaban J connectivity index is 1.71. The summed E-state index contributed by atoms with van der Waals surface area (Å²) in [5.74, 6) is 1.23. The quantitative estimate of drug-likeness (QED) is 0.687. The number of aryl methyl sites for hydroxylation is 2. The molecule has 0 amide bonds. The van der Waals surface area contributed by atoms with Gasteiger partial charge in [0, 0.05) is 18.6 Å². The van der Waals surface area contributed by atoms with Crippen molar-refractivity contribution < 1.29 is 13.9 Å². The molecule has 3 aromatic heterocycles. The number of ether oxygens (including phenoxy) is 1. The molecule has 3 heterocycles. The van der Waals surface area contributed by atoms with E-state index in [0.717, 1.165) is 11.5 Å². The van der Waals surface area contributed by atoms with E-state index >= 15 is 0 Å². The van der Waals surface area contributed by atoms with E-state index in [1.54, 1.807) is 41.6 Å². The Hall–Kier alpha value is -2.96. The van der Waals surface area contributed by atoms with Gasteiger partial charge in [0.05, 0.1) is 11.3 Å². The fraction of sp³-hybridized carbons (Fsp3) is 0.200. The Morgan fingerprint density at radius 3 is 2.91 bits per heavy atom. The number of hydrogen-bond donors (Lipinski definition) is 0. The molecular formula is C15H14N4O3. The molecule has 0 saturated heterocycles. The van der Waals surface area contributed by atoms with Crippen LogP contribution in [-0.2, 0) is 11.3 Å². The molecule has 0 aromatic carbocycles. The molecule has 22 heavy (non-hydrogen) atoms. The van der Waals surface area contributed by atoms with Crippen molar-refractivity contribution in [1.29, 1.82) is 0 Å². The van der Waals surface area contributed by atoms with Gasteiger partial charge in [-0.3, -0.25) is 4.57 Å². The standard InChI is InChI=1S/C15H14N4O3/c1-10-11(2)22-14(18-10)8-21-15(20)12-3-4-17-13(7-12)19-6-5-16-9-19/h3-7,9H,8H2,1-2H3. The number of rotatable bonds is 4. The lowest BCUT2D eigenvalue weighted by molar-refractivity contribution is 0.0436. The van der Waals surface area contributed by atoms with Crippen LogP contribution in [0.3, 0.4) is 0 Å². The van der Waals surface area contributed by atoms with Gasteiger partial charge < -0.3 is 9.15 Å². The zero-order chi connectivity index (χ0) is 15.5. The highest BCUT2D eigenvalue weighted by molar-refractivity contribution is 5.89. The van der Waals surface area contributed by atoms with Gasteiger partial charge in [-0.15, -0.1) is 0 Å². The van der Waals surface area contributed by atoms with Gasteiger partial charge in [0.25, 0.3) is 0 Å². The number of pyridine rings is 1. The third kappa shape index (κ3) is 2.88. The number of oxazole rings is 1. The summed E-state index contributed by atoms with van der Waals surface area (Å²) in [6.07, 6.45) is 6.54. The Morgan fingerprint density at radius 1 is 1.36 bits per heavy atom. The van der Waals surface area contributed by atoms with Crippen LogP contribution in [0.4, 0.5) is 0 Å². The van der Waals surface area contributed by atoms with Gasteiger partial charge in [0.2, 0.25) is 5.89 Å². The minimum atomic E-state index is -0.461. The molecule has 0 radical (unpaired) electrons. The lowest BCUT2D eigenvalue weighted by Gasteiger charge is -2.05. The van der Waals surface area contributed by atoms with E-state index in [0.29, 0.717) is 17.3 Å². The molecule has 3 rings (SSSR count). The first kappa shape index (κ1) is 14.0. The van der Waals surface area contributed by atoms with Crippen LogP contribution < -0.4 is 0 Å². The fourth-order valence-electron chi connectivity index (χ4n) is 1.89. The number of hydrogen-bond acceptors (Lipinski definition) is 6. The lowest BCUT2D eigenvalue weighted by Crippen LogP contribution is -2.07. The SMILES string of the molecule is Cc1nc(COC(=O)c2ccnc(-n3ccnc3)c2)oc1C. The van der Waals surface area contributed by atoms with E-state index in [2.05, 4.69) is 15.0 Å². The second-order valence-electron chi connectivity index (χ2n) is 4.70. The van der Waals surface area contributed by atoms with Crippen LogP contribution in [0.25, 0.3) is 5.82 Å². The van der Waals surface area contributed by atoms with Crippen LogP contribution in [0.5, 0.6) is 0 Å². The summed E-state index contributed by atoms with van der Waals surface area (Å²) < 4.78 is 12.3. The number of nitrogens with zero attached hydrogens (tertiary/aromatic N) is 4. The predicted octanol–water partition coefficient (Wildman–Crippen LogP) is 2.23. The van der Waals surface area contributed by atoms with Crippen molar-refractivity contribution in [2.45, 2.75) is 20.5 Å². The average molecular weight is 298 g/mol. The number of carbonyl (C=O) groups excluding carboxylic acids is 1. The molecule has 7 nitrogen and oxygen atoms in total. The highest BCUT2D eigenvalue weighted by Gasteiger charge is 2.12. The Kier molecular flexibility index (Phi) is 3.69. The zero-order valence-corrected chi connectivity index (χ0v) is 12.2. The molecular weight excluding hydrogens is 284 g/mol. The molecule has 0 aliphatic rings. The third-order valence-corrected chi connectivity index (χ3v) is 3.15. The number of carbonyl (C=O) groups is 1. The molecule has 0 bridgehead atoms. The van der Waals surface area contributed by atoms with Gasteiger partial charge in [0.15, 0.2) is 6.61 Å². The van der Waals surface area contributed by atoms with Crippen LogP contribution in [0.2, 0.25) is 0 Å². The number of imidazole rings is 1. The molecule has 0 aliphatic carbocycles. The molecule has 0 spiro atoms. The zero-order valence-electron chi connectivity index (χ0n) is 12.2. The van der Waals surface area contributed by atoms with E-state index in [9.17, 15) is 4.79 Å². The van der Waals surface area contributed by atoms with Gasteiger partial charge in [-0.2, -0.15) is 0 Å². The summed E-state index contributed by atoms with van der Waals surface area (Å²) in [4.78, 5) is 24.4. The van der Waals surface area contributed by atoms with Crippen molar-refractivity contribution >= 4 is 5.97 Å². The van der Waals surface area contributed by atoms with Crippen LogP contribution in [-0.4, -0.2) is 25.5 Å². The lowest BCUT2D eigenvalue weighted by atomic mass is 10.2. The first-order chi connectivity index (χ1) is 10.6. The van der Waals surface area contributed by atoms with E-state index in [1.165, 1.54) is 0 Å². The molecule has 7 heteroatoms. The van der Waals surface area contributed by atoms with Crippen LogP contribution in [0, 0.1) is 13.8 Å². The summed E-state index contributed by atoms with van der Waals surface area (Å²) >= 11 is 0. The summed E-state index contributed by atoms with van der Waals surface area (Å²) in [5, 5.41) is 0. The number of esters is 1. The Labute approximate surface area is 126 Å². The molecule has 0 N–H and O–H groups in total. The van der Waals surface area contributed by atoms with Gasteiger partial charge in [-0.1, -0.05) is 0 Å². The van der Waals surface area contributed by atoms with Gasteiger partial charge in [-0.05, 0) is 26.0 Å². The topological polar surface area (TPSA) is 83.0 Å². The van der Waals surface area contributed by atoms with Crippen molar-refractivity contribution in [3.63, 3.8) is 0 Å². The number of aromatic nitrogens is 4. The highest BCUT2D eigenvalue weighted by atomic mass is 16.5. The summed E-state index contributed by atoms with van der Waals surface area (Å²) in [7, 11) is 0. The average Bonchev–Trinajstić information content (AvgIpc) is 3.16. The fourth-order valence-corrected chi connectivity index (χ4v) is 1.89. The van der Waals surface area contributed by atoms with Crippen LogP contribution in [0.1, 0.15) is 27.7 Å². The maximum Gasteiger partial charge on any atom is 0.338 e.